The van der Waals surface area contributed by atoms with Crippen molar-refractivity contribution in [2.24, 2.45) is 0 Å². The first-order chi connectivity index (χ1) is 11.4. The van der Waals surface area contributed by atoms with Crippen LogP contribution >= 0.6 is 0 Å². The third-order valence-electron chi connectivity index (χ3n) is 5.21. The minimum atomic E-state index is 0.310. The molecule has 1 heteroatoms. The largest absolute Gasteiger partial charge is 0.236 e. The van der Waals surface area contributed by atoms with Gasteiger partial charge in [0.1, 0.15) is 0 Å². The lowest BCUT2D eigenvalue weighted by Crippen LogP contribution is -1.90. The lowest BCUT2D eigenvalue weighted by molar-refractivity contribution is 0.569. The van der Waals surface area contributed by atoms with Crippen molar-refractivity contribution < 1.29 is 0 Å². The maximum atomic E-state index is 2.30. The summed E-state index contributed by atoms with van der Waals surface area (Å²) in [4.78, 5) is 0. The Morgan fingerprint density at radius 1 is 0.348 bits per heavy atom. The fourth-order valence-corrected chi connectivity index (χ4v) is 5.27. The molecule has 0 aliphatic heterocycles. The Morgan fingerprint density at radius 3 is 0.913 bits per heavy atom. The molecule has 0 aromatic carbocycles. The molecule has 0 amide bonds. The predicted molar refractivity (Wildman–Crippen MR) is 111 cm³/mol. The van der Waals surface area contributed by atoms with Crippen molar-refractivity contribution in [3.8, 4) is 0 Å². The SMILES string of the molecule is CCCCCCCCCC[CH2][AlH][CH2]CCCCCCCCCC. The first kappa shape index (κ1) is 23.5. The monoisotopic (exact) mass is 338 g/mol. The molecule has 0 fully saturated rings. The van der Waals surface area contributed by atoms with Crippen LogP contribution < -0.4 is 0 Å². The standard InChI is InChI=1S/2C11H23.Al.H/c2*1-3-5-7-9-11-10-8-6-4-2;;/h2*1,3-11H2,2H3;;. The van der Waals surface area contributed by atoms with Gasteiger partial charge in [-0.1, -0.05) is 140 Å². The molecule has 0 spiro atoms. The smallest absolute Gasteiger partial charge is 0.0972 e. The van der Waals surface area contributed by atoms with Gasteiger partial charge < -0.3 is 0 Å². The van der Waals surface area contributed by atoms with Crippen LogP contribution in [0.15, 0.2) is 0 Å². The van der Waals surface area contributed by atoms with E-state index in [-0.39, 0.29) is 0 Å². The molecule has 0 radical (unpaired) electrons. The summed E-state index contributed by atoms with van der Waals surface area (Å²) >= 11 is 0.310. The zero-order valence-electron chi connectivity index (χ0n) is 16.8. The Hall–Kier alpha value is 0.532. The fourth-order valence-electron chi connectivity index (χ4n) is 3.51. The van der Waals surface area contributed by atoms with Gasteiger partial charge >= 0.3 is 0 Å². The van der Waals surface area contributed by atoms with Crippen molar-refractivity contribution in [3.05, 3.63) is 0 Å². The number of rotatable bonds is 20. The second-order valence-corrected chi connectivity index (χ2v) is 9.84. The van der Waals surface area contributed by atoms with Gasteiger partial charge in [-0.25, -0.2) is 0 Å². The summed E-state index contributed by atoms with van der Waals surface area (Å²) in [7, 11) is 0. The number of hydrogen-bond donors (Lipinski definition) is 0. The average Bonchev–Trinajstić information content (AvgIpc) is 2.57. The Labute approximate surface area is 155 Å². The van der Waals surface area contributed by atoms with Crippen LogP contribution in [0, 0.1) is 0 Å². The predicted octanol–water partition coefficient (Wildman–Crippen LogP) is 8.32. The Balaban J connectivity index is 2.92. The highest BCUT2D eigenvalue weighted by atomic mass is 27.1. The van der Waals surface area contributed by atoms with Crippen LogP contribution in [0.3, 0.4) is 0 Å². The fraction of sp³-hybridized carbons (Fsp3) is 1.00. The zero-order chi connectivity index (χ0) is 16.8. The summed E-state index contributed by atoms with van der Waals surface area (Å²) in [5.74, 6) is 0. The van der Waals surface area contributed by atoms with E-state index in [0.717, 1.165) is 0 Å². The van der Waals surface area contributed by atoms with Crippen LogP contribution in [-0.4, -0.2) is 15.2 Å². The Morgan fingerprint density at radius 2 is 0.609 bits per heavy atom. The minimum absolute atomic E-state index is 0.310. The molecule has 0 nitrogen and oxygen atoms in total. The van der Waals surface area contributed by atoms with E-state index in [1.807, 2.05) is 0 Å². The minimum Gasteiger partial charge on any atom is -0.0972 e. The lowest BCUT2D eigenvalue weighted by Gasteiger charge is -2.02. The Kier molecular flexibility index (Phi) is 23.1. The maximum Gasteiger partial charge on any atom is 0.236 e. The highest BCUT2D eigenvalue weighted by molar-refractivity contribution is 6.35. The number of hydrogen-bond acceptors (Lipinski definition) is 0. The lowest BCUT2D eigenvalue weighted by atomic mass is 10.1. The zero-order valence-corrected chi connectivity index (χ0v) is 18.3. The van der Waals surface area contributed by atoms with E-state index in [1.165, 1.54) is 103 Å². The number of unbranched alkanes of at least 4 members (excludes halogenated alkanes) is 16. The van der Waals surface area contributed by atoms with Gasteiger partial charge in [0.05, 0.1) is 0 Å². The van der Waals surface area contributed by atoms with Crippen molar-refractivity contribution in [2.45, 2.75) is 140 Å². The third-order valence-corrected chi connectivity index (χ3v) is 7.21. The second kappa shape index (κ2) is 22.5. The van der Waals surface area contributed by atoms with Crippen molar-refractivity contribution in [1.29, 1.82) is 0 Å². The molecule has 0 aromatic heterocycles. The molecule has 0 bridgehead atoms. The average molecular weight is 339 g/mol. The van der Waals surface area contributed by atoms with E-state index in [1.54, 1.807) is 23.4 Å². The molecule has 138 valence electrons. The van der Waals surface area contributed by atoms with Gasteiger partial charge in [0, 0.05) is 0 Å². The molecule has 0 aliphatic rings. The van der Waals surface area contributed by atoms with Crippen LogP contribution in [-0.2, 0) is 0 Å². The van der Waals surface area contributed by atoms with E-state index in [2.05, 4.69) is 13.8 Å². The van der Waals surface area contributed by atoms with Crippen LogP contribution in [0.5, 0.6) is 0 Å². The van der Waals surface area contributed by atoms with E-state index >= 15 is 0 Å². The van der Waals surface area contributed by atoms with Gasteiger partial charge in [-0.3, -0.25) is 0 Å². The van der Waals surface area contributed by atoms with Crippen molar-refractivity contribution in [3.63, 3.8) is 0 Å². The van der Waals surface area contributed by atoms with E-state index in [0.29, 0.717) is 15.2 Å². The molecule has 0 saturated carbocycles. The molecule has 23 heavy (non-hydrogen) atoms. The molecular weight excluding hydrogens is 291 g/mol. The van der Waals surface area contributed by atoms with Crippen molar-refractivity contribution >= 4 is 15.2 Å². The van der Waals surface area contributed by atoms with E-state index in [4.69, 9.17) is 0 Å². The molecule has 0 heterocycles. The maximum absolute atomic E-state index is 2.30. The summed E-state index contributed by atoms with van der Waals surface area (Å²) in [6, 6.07) is 0. The summed E-state index contributed by atoms with van der Waals surface area (Å²) < 4.78 is 0. The molecule has 0 unspecified atom stereocenters. The third kappa shape index (κ3) is 22.5. The van der Waals surface area contributed by atoms with Crippen molar-refractivity contribution in [2.75, 3.05) is 0 Å². The van der Waals surface area contributed by atoms with Crippen LogP contribution in [0.4, 0.5) is 0 Å². The van der Waals surface area contributed by atoms with Crippen molar-refractivity contribution in [1.82, 2.24) is 0 Å². The van der Waals surface area contributed by atoms with Gasteiger partial charge in [-0.05, 0) is 0 Å². The molecule has 0 rings (SSSR count). The molecule has 0 saturated heterocycles. The molecular formula is C22H47Al. The molecule has 0 aromatic rings. The van der Waals surface area contributed by atoms with E-state index in [9.17, 15) is 0 Å². The summed E-state index contributed by atoms with van der Waals surface area (Å²) in [6.45, 7) is 4.61. The highest BCUT2D eigenvalue weighted by Crippen LogP contribution is 2.13. The quantitative estimate of drug-likeness (QED) is 0.155. The van der Waals surface area contributed by atoms with Gasteiger partial charge in [-0.2, -0.15) is 0 Å². The van der Waals surface area contributed by atoms with Gasteiger partial charge in [0.2, 0.25) is 15.2 Å². The first-order valence-corrected chi connectivity index (χ1v) is 13.4. The van der Waals surface area contributed by atoms with E-state index < -0.39 is 0 Å². The van der Waals surface area contributed by atoms with Gasteiger partial charge in [0.15, 0.2) is 0 Å². The summed E-state index contributed by atoms with van der Waals surface area (Å²) in [6.07, 6.45) is 26.8. The normalized spacial score (nSPS) is 11.0. The van der Waals surface area contributed by atoms with Gasteiger partial charge in [-0.15, -0.1) is 0 Å². The summed E-state index contributed by atoms with van der Waals surface area (Å²) in [5, 5.41) is 3.26. The molecule has 0 N–H and O–H groups in total. The second-order valence-electron chi connectivity index (χ2n) is 7.72. The molecule has 0 atom stereocenters. The van der Waals surface area contributed by atoms with Crippen LogP contribution in [0.2, 0.25) is 10.6 Å². The van der Waals surface area contributed by atoms with Crippen LogP contribution in [0.1, 0.15) is 129 Å². The first-order valence-electron chi connectivity index (χ1n) is 11.4. The topological polar surface area (TPSA) is 0 Å². The van der Waals surface area contributed by atoms with Crippen LogP contribution in [0.25, 0.3) is 0 Å². The highest BCUT2D eigenvalue weighted by Gasteiger charge is 1.97. The molecule has 0 aliphatic carbocycles. The Bertz CT molecular complexity index is 170. The summed E-state index contributed by atoms with van der Waals surface area (Å²) in [5.41, 5.74) is 0. The van der Waals surface area contributed by atoms with Gasteiger partial charge in [0.25, 0.3) is 0 Å².